The third kappa shape index (κ3) is 4.54. The number of morpholine rings is 1. The number of hydrogen-bond acceptors (Lipinski definition) is 6. The number of amides is 1. The first kappa shape index (κ1) is 21.1. The normalized spacial score (nSPS) is 19.9. The molecular formula is C21H29N3O5. The van der Waals surface area contributed by atoms with Gasteiger partial charge in [0.15, 0.2) is 5.69 Å². The summed E-state index contributed by atoms with van der Waals surface area (Å²) in [6.45, 7) is 7.59. The van der Waals surface area contributed by atoms with E-state index in [1.54, 1.807) is 25.6 Å². The Balaban J connectivity index is 1.92. The Morgan fingerprint density at radius 1 is 1.24 bits per heavy atom. The number of aryl methyl sites for hydroxylation is 1. The van der Waals surface area contributed by atoms with Crippen molar-refractivity contribution in [3.05, 3.63) is 23.9 Å². The van der Waals surface area contributed by atoms with Gasteiger partial charge in [0.2, 0.25) is 5.91 Å². The first-order chi connectivity index (χ1) is 13.8. The van der Waals surface area contributed by atoms with Crippen LogP contribution in [0.2, 0.25) is 0 Å². The van der Waals surface area contributed by atoms with Gasteiger partial charge in [-0.25, -0.2) is 4.79 Å². The molecule has 29 heavy (non-hydrogen) atoms. The fourth-order valence-corrected chi connectivity index (χ4v) is 3.91. The maximum absolute atomic E-state index is 12.8. The Hall–Kier alpha value is -2.58. The van der Waals surface area contributed by atoms with Crippen LogP contribution in [0.4, 0.5) is 5.69 Å². The molecule has 2 heterocycles. The number of carbonyl (C=O) groups is 2. The summed E-state index contributed by atoms with van der Waals surface area (Å²) in [6, 6.07) is 5.49. The molecule has 1 aromatic heterocycles. The van der Waals surface area contributed by atoms with Crippen LogP contribution in [-0.2, 0) is 21.3 Å². The van der Waals surface area contributed by atoms with Gasteiger partial charge in [-0.3, -0.25) is 9.69 Å². The maximum atomic E-state index is 12.8. The molecule has 0 aliphatic carbocycles. The minimum atomic E-state index is -0.478. The Bertz CT molecular complexity index is 897. The number of nitrogens with one attached hydrogen (secondary N) is 1. The minimum Gasteiger partial charge on any atom is -0.497 e. The Morgan fingerprint density at radius 3 is 2.55 bits per heavy atom. The van der Waals surface area contributed by atoms with E-state index < -0.39 is 5.97 Å². The average molecular weight is 403 g/mol. The minimum absolute atomic E-state index is 0.0726. The van der Waals surface area contributed by atoms with Gasteiger partial charge in [-0.05, 0) is 39.0 Å². The molecule has 2 aromatic rings. The van der Waals surface area contributed by atoms with E-state index in [-0.39, 0.29) is 31.3 Å². The molecule has 8 nitrogen and oxygen atoms in total. The van der Waals surface area contributed by atoms with Crippen molar-refractivity contribution in [2.24, 2.45) is 7.05 Å². The van der Waals surface area contributed by atoms with Crippen LogP contribution in [0.1, 0.15) is 31.3 Å². The van der Waals surface area contributed by atoms with Gasteiger partial charge >= 0.3 is 5.97 Å². The third-order valence-electron chi connectivity index (χ3n) is 5.00. The van der Waals surface area contributed by atoms with Gasteiger partial charge in [0.25, 0.3) is 0 Å². The van der Waals surface area contributed by atoms with Crippen molar-refractivity contribution < 1.29 is 23.8 Å². The van der Waals surface area contributed by atoms with E-state index >= 15 is 0 Å². The van der Waals surface area contributed by atoms with E-state index in [1.807, 2.05) is 32.0 Å². The standard InChI is InChI=1S/C21H29N3O5/c1-6-28-21(26)20-19(16-9-15(27-5)7-8-17(16)23(20)4)22-18(25)12-24-10-13(2)29-14(3)11-24/h7-9,13-14H,6,10-12H2,1-5H3,(H,22,25)/t13-,14-/m1/s1. The lowest BCUT2D eigenvalue weighted by Gasteiger charge is -2.34. The number of nitrogens with zero attached hydrogens (tertiary/aromatic N) is 2. The summed E-state index contributed by atoms with van der Waals surface area (Å²) in [4.78, 5) is 27.5. The maximum Gasteiger partial charge on any atom is 0.357 e. The molecule has 1 saturated heterocycles. The van der Waals surface area contributed by atoms with Gasteiger partial charge in [-0.15, -0.1) is 0 Å². The molecule has 1 N–H and O–H groups in total. The number of hydrogen-bond donors (Lipinski definition) is 1. The van der Waals surface area contributed by atoms with E-state index in [0.717, 1.165) is 10.9 Å². The number of methoxy groups -OCH3 is 1. The molecule has 3 rings (SSSR count). The van der Waals surface area contributed by atoms with Gasteiger partial charge in [0.1, 0.15) is 5.75 Å². The molecule has 0 unspecified atom stereocenters. The Kier molecular flexibility index (Phi) is 6.44. The summed E-state index contributed by atoms with van der Waals surface area (Å²) in [5, 5.41) is 3.67. The van der Waals surface area contributed by atoms with Crippen molar-refractivity contribution in [2.75, 3.05) is 38.7 Å². The van der Waals surface area contributed by atoms with Gasteiger partial charge < -0.3 is 24.1 Å². The van der Waals surface area contributed by atoms with Crippen molar-refractivity contribution in [1.29, 1.82) is 0 Å². The van der Waals surface area contributed by atoms with E-state index in [1.165, 1.54) is 0 Å². The topological polar surface area (TPSA) is 82.0 Å². The molecule has 1 aliphatic heterocycles. The number of aromatic nitrogens is 1. The SMILES string of the molecule is CCOC(=O)c1c(NC(=O)CN2C[C@@H](C)O[C@H](C)C2)c2cc(OC)ccc2n1C. The molecule has 158 valence electrons. The van der Waals surface area contributed by atoms with Gasteiger partial charge in [0.05, 0.1) is 43.7 Å². The quantitative estimate of drug-likeness (QED) is 0.746. The second-order valence-corrected chi connectivity index (χ2v) is 7.39. The van der Waals surface area contributed by atoms with Crippen molar-refractivity contribution in [2.45, 2.75) is 33.0 Å². The van der Waals surface area contributed by atoms with Crippen LogP contribution >= 0.6 is 0 Å². The summed E-state index contributed by atoms with van der Waals surface area (Å²) in [6.07, 6.45) is 0.145. The number of esters is 1. The predicted octanol–water partition coefficient (Wildman–Crippen LogP) is 2.41. The van der Waals surface area contributed by atoms with E-state index in [0.29, 0.717) is 30.2 Å². The van der Waals surface area contributed by atoms with Crippen LogP contribution in [-0.4, -0.2) is 66.9 Å². The van der Waals surface area contributed by atoms with E-state index in [4.69, 9.17) is 14.2 Å². The van der Waals surface area contributed by atoms with Crippen LogP contribution < -0.4 is 10.1 Å². The number of benzene rings is 1. The first-order valence-electron chi connectivity index (χ1n) is 9.85. The number of ether oxygens (including phenoxy) is 3. The zero-order chi connectivity index (χ0) is 21.1. The number of rotatable bonds is 6. The zero-order valence-corrected chi connectivity index (χ0v) is 17.7. The van der Waals surface area contributed by atoms with Crippen LogP contribution in [0.3, 0.4) is 0 Å². The second kappa shape index (κ2) is 8.84. The second-order valence-electron chi connectivity index (χ2n) is 7.39. The number of carbonyl (C=O) groups excluding carboxylic acids is 2. The summed E-state index contributed by atoms with van der Waals surface area (Å²) in [5.74, 6) is -0.0221. The molecule has 1 aliphatic rings. The molecule has 8 heteroatoms. The fourth-order valence-electron chi connectivity index (χ4n) is 3.91. The molecule has 1 fully saturated rings. The van der Waals surface area contributed by atoms with Crippen LogP contribution in [0, 0.1) is 0 Å². The molecule has 0 bridgehead atoms. The Morgan fingerprint density at radius 2 is 1.93 bits per heavy atom. The zero-order valence-electron chi connectivity index (χ0n) is 17.7. The van der Waals surface area contributed by atoms with Crippen molar-refractivity contribution in [3.8, 4) is 5.75 Å². The molecular weight excluding hydrogens is 374 g/mol. The van der Waals surface area contributed by atoms with E-state index in [9.17, 15) is 9.59 Å². The van der Waals surface area contributed by atoms with Crippen molar-refractivity contribution >= 4 is 28.5 Å². The smallest absolute Gasteiger partial charge is 0.357 e. The van der Waals surface area contributed by atoms with Crippen LogP contribution in [0.15, 0.2) is 18.2 Å². The largest absolute Gasteiger partial charge is 0.497 e. The van der Waals surface area contributed by atoms with Gasteiger partial charge in [-0.1, -0.05) is 0 Å². The van der Waals surface area contributed by atoms with E-state index in [2.05, 4.69) is 10.2 Å². The monoisotopic (exact) mass is 403 g/mol. The highest BCUT2D eigenvalue weighted by Crippen LogP contribution is 2.33. The molecule has 0 spiro atoms. The predicted molar refractivity (Wildman–Crippen MR) is 111 cm³/mol. The summed E-state index contributed by atoms with van der Waals surface area (Å²) in [7, 11) is 3.36. The summed E-state index contributed by atoms with van der Waals surface area (Å²) >= 11 is 0. The van der Waals surface area contributed by atoms with Crippen molar-refractivity contribution in [1.82, 2.24) is 9.47 Å². The van der Waals surface area contributed by atoms with Gasteiger partial charge in [0, 0.05) is 25.5 Å². The lowest BCUT2D eigenvalue weighted by Crippen LogP contribution is -2.48. The number of fused-ring (bicyclic) bond motifs is 1. The molecule has 1 aromatic carbocycles. The highest BCUT2D eigenvalue weighted by Gasteiger charge is 2.27. The highest BCUT2D eigenvalue weighted by atomic mass is 16.5. The third-order valence-corrected chi connectivity index (χ3v) is 5.00. The molecule has 0 radical (unpaired) electrons. The van der Waals surface area contributed by atoms with Crippen LogP contribution in [0.5, 0.6) is 5.75 Å². The molecule has 1 amide bonds. The lowest BCUT2D eigenvalue weighted by atomic mass is 10.2. The van der Waals surface area contributed by atoms with Crippen molar-refractivity contribution in [3.63, 3.8) is 0 Å². The van der Waals surface area contributed by atoms with Gasteiger partial charge in [-0.2, -0.15) is 0 Å². The highest BCUT2D eigenvalue weighted by molar-refractivity contribution is 6.12. The average Bonchev–Trinajstić information content (AvgIpc) is 2.92. The first-order valence-corrected chi connectivity index (χ1v) is 9.85. The fraction of sp³-hybridized carbons (Fsp3) is 0.524. The summed E-state index contributed by atoms with van der Waals surface area (Å²) in [5.41, 5.74) is 1.56. The summed E-state index contributed by atoms with van der Waals surface area (Å²) < 4.78 is 18.0. The molecule has 0 saturated carbocycles. The lowest BCUT2D eigenvalue weighted by molar-refractivity contribution is -0.121. The molecule has 2 atom stereocenters. The number of anilines is 1. The Labute approximate surface area is 170 Å². The van der Waals surface area contributed by atoms with Crippen LogP contribution in [0.25, 0.3) is 10.9 Å².